The van der Waals surface area contributed by atoms with Gasteiger partial charge in [-0.2, -0.15) is 0 Å². The smallest absolute Gasteiger partial charge is 0.338 e. The zero-order chi connectivity index (χ0) is 15.9. The number of ether oxygens (including phenoxy) is 2. The molecule has 0 aliphatic rings. The van der Waals surface area contributed by atoms with Crippen LogP contribution in [0.3, 0.4) is 0 Å². The zero-order valence-electron chi connectivity index (χ0n) is 13.1. The molecule has 0 aliphatic carbocycles. The molecular weight excluding hydrogens is 276 g/mol. The van der Waals surface area contributed by atoms with Crippen molar-refractivity contribution in [1.29, 1.82) is 0 Å². The van der Waals surface area contributed by atoms with Crippen molar-refractivity contribution < 1.29 is 14.3 Å². The highest BCUT2D eigenvalue weighted by atomic mass is 16.5. The summed E-state index contributed by atoms with van der Waals surface area (Å²) in [6, 6.07) is 15.6. The highest BCUT2D eigenvalue weighted by Crippen LogP contribution is 2.23. The lowest BCUT2D eigenvalue weighted by Gasteiger charge is -2.13. The molecule has 114 valence electrons. The molecule has 0 saturated heterocycles. The van der Waals surface area contributed by atoms with Crippen LogP contribution < -0.4 is 4.74 Å². The Balaban J connectivity index is 2.26. The molecule has 0 unspecified atom stereocenters. The van der Waals surface area contributed by atoms with Gasteiger partial charge < -0.3 is 9.47 Å². The molecule has 0 amide bonds. The predicted octanol–water partition coefficient (Wildman–Crippen LogP) is 4.15. The van der Waals surface area contributed by atoms with Gasteiger partial charge in [-0.3, -0.25) is 0 Å². The molecule has 0 saturated carbocycles. The summed E-state index contributed by atoms with van der Waals surface area (Å²) in [6.45, 7) is 4.23. The molecule has 0 aromatic heterocycles. The van der Waals surface area contributed by atoms with E-state index < -0.39 is 0 Å². The molecule has 0 N–H and O–H groups in total. The number of rotatable bonds is 5. The lowest BCUT2D eigenvalue weighted by atomic mass is 10.00. The second-order valence-corrected chi connectivity index (χ2v) is 4.91. The average molecular weight is 296 g/mol. The number of carbonyl (C=O) groups excluding carboxylic acids is 1. The van der Waals surface area contributed by atoms with Crippen molar-refractivity contribution in [1.82, 2.24) is 0 Å². The molecule has 0 fully saturated rings. The fourth-order valence-corrected chi connectivity index (χ4v) is 2.28. The van der Waals surface area contributed by atoms with E-state index in [4.69, 9.17) is 9.47 Å². The van der Waals surface area contributed by atoms with E-state index in [0.29, 0.717) is 12.2 Å². The number of para-hydroxylation sites is 1. The first kappa shape index (κ1) is 15.8. The summed E-state index contributed by atoms with van der Waals surface area (Å²) >= 11 is 0. The van der Waals surface area contributed by atoms with Crippen molar-refractivity contribution in [2.24, 2.45) is 0 Å². The number of aryl methyl sites for hydroxylation is 1. The molecule has 0 heterocycles. The maximum absolute atomic E-state index is 11.9. The van der Waals surface area contributed by atoms with Gasteiger partial charge in [0, 0.05) is 0 Å². The van der Waals surface area contributed by atoms with E-state index >= 15 is 0 Å². The minimum atomic E-state index is -0.342. The maximum Gasteiger partial charge on any atom is 0.338 e. The van der Waals surface area contributed by atoms with Crippen molar-refractivity contribution in [3.63, 3.8) is 0 Å². The first-order valence-electron chi connectivity index (χ1n) is 7.18. The Morgan fingerprint density at radius 2 is 1.77 bits per heavy atom. The van der Waals surface area contributed by atoms with E-state index in [-0.39, 0.29) is 5.97 Å². The van der Waals surface area contributed by atoms with E-state index in [1.54, 1.807) is 6.08 Å². The van der Waals surface area contributed by atoms with Crippen LogP contribution in [-0.4, -0.2) is 13.1 Å². The van der Waals surface area contributed by atoms with Gasteiger partial charge in [0.15, 0.2) is 0 Å². The van der Waals surface area contributed by atoms with E-state index in [9.17, 15) is 4.79 Å². The minimum Gasteiger partial charge on any atom is -0.489 e. The number of carbonyl (C=O) groups is 1. The zero-order valence-corrected chi connectivity index (χ0v) is 13.1. The molecule has 0 bridgehead atoms. The van der Waals surface area contributed by atoms with E-state index in [1.807, 2.05) is 62.4 Å². The average Bonchev–Trinajstić information content (AvgIpc) is 2.55. The van der Waals surface area contributed by atoms with Gasteiger partial charge >= 0.3 is 5.97 Å². The van der Waals surface area contributed by atoms with Crippen molar-refractivity contribution in [2.75, 3.05) is 7.11 Å². The first-order chi connectivity index (χ1) is 10.7. The van der Waals surface area contributed by atoms with Crippen LogP contribution in [0.25, 0.3) is 5.57 Å². The number of hydrogen-bond acceptors (Lipinski definition) is 3. The molecule has 0 spiro atoms. The fourth-order valence-electron chi connectivity index (χ4n) is 2.28. The van der Waals surface area contributed by atoms with Crippen LogP contribution in [0.15, 0.2) is 54.6 Å². The topological polar surface area (TPSA) is 35.5 Å². The molecular formula is C19H20O3. The largest absolute Gasteiger partial charge is 0.489 e. The Hall–Kier alpha value is -2.55. The van der Waals surface area contributed by atoms with Gasteiger partial charge in [0.25, 0.3) is 0 Å². The number of methoxy groups -OCH3 is 1. The summed E-state index contributed by atoms with van der Waals surface area (Å²) in [6.07, 6.45) is 1.76. The quantitative estimate of drug-likeness (QED) is 0.614. The Labute approximate surface area is 131 Å². The van der Waals surface area contributed by atoms with Crippen molar-refractivity contribution in [2.45, 2.75) is 20.5 Å². The van der Waals surface area contributed by atoms with E-state index in [2.05, 4.69) is 0 Å². The summed E-state index contributed by atoms with van der Waals surface area (Å²) in [5, 5.41) is 0. The molecule has 0 atom stereocenters. The normalized spacial score (nSPS) is 11.1. The second-order valence-electron chi connectivity index (χ2n) is 4.91. The molecule has 2 aromatic carbocycles. The van der Waals surface area contributed by atoms with Crippen molar-refractivity contribution in [3.8, 4) is 5.75 Å². The van der Waals surface area contributed by atoms with Gasteiger partial charge in [-0.15, -0.1) is 0 Å². The van der Waals surface area contributed by atoms with E-state index in [0.717, 1.165) is 22.4 Å². The van der Waals surface area contributed by atoms with Crippen molar-refractivity contribution >= 4 is 11.5 Å². The highest BCUT2D eigenvalue weighted by molar-refractivity contribution is 6.16. The van der Waals surface area contributed by atoms with Crippen LogP contribution in [0.2, 0.25) is 0 Å². The third-order valence-electron chi connectivity index (χ3n) is 3.48. The van der Waals surface area contributed by atoms with Gasteiger partial charge in [0.05, 0.1) is 12.7 Å². The summed E-state index contributed by atoms with van der Waals surface area (Å²) in [5.74, 6) is 0.503. The second kappa shape index (κ2) is 7.46. The fraction of sp³-hybridized carbons (Fsp3) is 0.211. The molecule has 3 nitrogen and oxygen atoms in total. The van der Waals surface area contributed by atoms with E-state index in [1.165, 1.54) is 7.11 Å². The van der Waals surface area contributed by atoms with Gasteiger partial charge in [-0.1, -0.05) is 48.5 Å². The van der Waals surface area contributed by atoms with Gasteiger partial charge in [0.1, 0.15) is 12.4 Å². The SMILES string of the molecule is CC=C(C(=O)OC)c1ccccc1COc1ccccc1C. The summed E-state index contributed by atoms with van der Waals surface area (Å²) in [4.78, 5) is 11.9. The molecule has 2 rings (SSSR count). The Morgan fingerprint density at radius 3 is 2.45 bits per heavy atom. The van der Waals surface area contributed by atoms with Gasteiger partial charge in [-0.05, 0) is 36.6 Å². The number of benzene rings is 2. The summed E-state index contributed by atoms with van der Waals surface area (Å²) in [5.41, 5.74) is 3.42. The molecule has 22 heavy (non-hydrogen) atoms. The Kier molecular flexibility index (Phi) is 5.37. The highest BCUT2D eigenvalue weighted by Gasteiger charge is 2.15. The van der Waals surface area contributed by atoms with Crippen LogP contribution in [-0.2, 0) is 16.1 Å². The Morgan fingerprint density at radius 1 is 1.09 bits per heavy atom. The van der Waals surface area contributed by atoms with Crippen LogP contribution >= 0.6 is 0 Å². The van der Waals surface area contributed by atoms with Crippen molar-refractivity contribution in [3.05, 3.63) is 71.3 Å². The van der Waals surface area contributed by atoms with Crippen LogP contribution in [0, 0.1) is 6.92 Å². The third kappa shape index (κ3) is 3.55. The van der Waals surface area contributed by atoms with Crippen LogP contribution in [0.1, 0.15) is 23.6 Å². The first-order valence-corrected chi connectivity index (χ1v) is 7.18. The molecule has 3 heteroatoms. The molecule has 2 aromatic rings. The number of esters is 1. The van der Waals surface area contributed by atoms with Crippen LogP contribution in [0.4, 0.5) is 0 Å². The predicted molar refractivity (Wildman–Crippen MR) is 87.6 cm³/mol. The number of hydrogen-bond donors (Lipinski definition) is 0. The minimum absolute atomic E-state index is 0.342. The lowest BCUT2D eigenvalue weighted by Crippen LogP contribution is -2.07. The summed E-state index contributed by atoms with van der Waals surface area (Å²) < 4.78 is 10.7. The van der Waals surface area contributed by atoms with Gasteiger partial charge in [0.2, 0.25) is 0 Å². The number of allylic oxidation sites excluding steroid dienone is 1. The lowest BCUT2D eigenvalue weighted by molar-refractivity contribution is -0.133. The summed E-state index contributed by atoms with van der Waals surface area (Å²) in [7, 11) is 1.39. The molecule has 0 aliphatic heterocycles. The molecule has 0 radical (unpaired) electrons. The monoisotopic (exact) mass is 296 g/mol. The van der Waals surface area contributed by atoms with Gasteiger partial charge in [-0.25, -0.2) is 4.79 Å². The standard InChI is InChI=1S/C19H20O3/c1-4-16(19(20)21-3)17-11-7-6-10-15(17)13-22-18-12-8-5-9-14(18)2/h4-12H,13H2,1-3H3. The van der Waals surface area contributed by atoms with Crippen LogP contribution in [0.5, 0.6) is 5.75 Å². The Bertz CT molecular complexity index is 687. The third-order valence-corrected chi connectivity index (χ3v) is 3.48. The maximum atomic E-state index is 11.9.